The summed E-state index contributed by atoms with van der Waals surface area (Å²) >= 11 is 10.6. The number of benzene rings is 4. The number of thioether (sulfide) groups is 1. The lowest BCUT2D eigenvalue weighted by Gasteiger charge is -2.16. The number of carboxylic acids is 1. The Hall–Kier alpha value is -4.38. The molecule has 4 aromatic carbocycles. The average molecular weight is 693 g/mol. The smallest absolute Gasteiger partial charge is 0.337 e. The first-order valence-electron chi connectivity index (χ1n) is 13.4. The number of halogens is 2. The van der Waals surface area contributed by atoms with Crippen LogP contribution >= 0.6 is 39.3 Å². The van der Waals surface area contributed by atoms with Crippen LogP contribution in [0.3, 0.4) is 0 Å². The maximum atomic E-state index is 13.4. The van der Waals surface area contributed by atoms with E-state index in [0.717, 1.165) is 9.37 Å². The van der Waals surface area contributed by atoms with Gasteiger partial charge in [-0.1, -0.05) is 70.9 Å². The van der Waals surface area contributed by atoms with Crippen LogP contribution in [0.1, 0.15) is 39.6 Å². The Balaban J connectivity index is 1.49. The number of anilines is 2. The van der Waals surface area contributed by atoms with E-state index >= 15 is 0 Å². The minimum atomic E-state index is -1.19. The molecule has 4 rings (SSSR count). The van der Waals surface area contributed by atoms with E-state index in [0.29, 0.717) is 28.9 Å². The van der Waals surface area contributed by atoms with Crippen molar-refractivity contribution in [2.75, 3.05) is 10.6 Å². The van der Waals surface area contributed by atoms with E-state index in [1.54, 1.807) is 54.6 Å². The number of carboxylic acid groups (broad SMARTS) is 1. The zero-order valence-electron chi connectivity index (χ0n) is 23.3. The van der Waals surface area contributed by atoms with Gasteiger partial charge < -0.3 is 21.1 Å². The number of hydrogen-bond donors (Lipinski definition) is 4. The van der Waals surface area contributed by atoms with Crippen molar-refractivity contribution in [3.05, 3.63) is 129 Å². The topological polar surface area (TPSA) is 125 Å². The highest BCUT2D eigenvalue weighted by Crippen LogP contribution is 2.29. The third kappa shape index (κ3) is 9.06. The van der Waals surface area contributed by atoms with Gasteiger partial charge in [-0.25, -0.2) is 4.79 Å². The minimum absolute atomic E-state index is 0.0498. The second kappa shape index (κ2) is 15.4. The van der Waals surface area contributed by atoms with Gasteiger partial charge in [0.2, 0.25) is 5.91 Å². The Bertz CT molecular complexity index is 1710. The lowest BCUT2D eigenvalue weighted by Crippen LogP contribution is -2.30. The van der Waals surface area contributed by atoms with Gasteiger partial charge in [-0.3, -0.25) is 14.4 Å². The average Bonchev–Trinajstić information content (AvgIpc) is 3.01. The second-order valence-corrected chi connectivity index (χ2v) is 12.0. The SMILES string of the molecule is CCC(Sc1cccc(NC(=O)/C(=C/c2ccc(Br)cc2)NC(=O)c2ccccc2)c1)C(=O)Nc1ccc(Cl)c(C(=O)O)c1. The van der Waals surface area contributed by atoms with Crippen molar-refractivity contribution in [2.24, 2.45) is 0 Å². The van der Waals surface area contributed by atoms with Crippen molar-refractivity contribution >= 4 is 80.4 Å². The van der Waals surface area contributed by atoms with Crippen LogP contribution in [0.2, 0.25) is 5.02 Å². The predicted molar refractivity (Wildman–Crippen MR) is 178 cm³/mol. The third-order valence-corrected chi connectivity index (χ3v) is 8.42. The molecule has 0 spiro atoms. The van der Waals surface area contributed by atoms with Gasteiger partial charge in [0.15, 0.2) is 0 Å². The molecule has 224 valence electrons. The van der Waals surface area contributed by atoms with Gasteiger partial charge in [0.1, 0.15) is 5.70 Å². The molecule has 4 N–H and O–H groups in total. The van der Waals surface area contributed by atoms with E-state index < -0.39 is 23.0 Å². The normalized spacial score (nSPS) is 11.8. The van der Waals surface area contributed by atoms with Gasteiger partial charge in [-0.15, -0.1) is 11.8 Å². The van der Waals surface area contributed by atoms with E-state index in [1.165, 1.54) is 30.0 Å². The molecule has 0 saturated carbocycles. The molecule has 0 saturated heterocycles. The molecule has 44 heavy (non-hydrogen) atoms. The summed E-state index contributed by atoms with van der Waals surface area (Å²) in [5.41, 5.74) is 1.84. The van der Waals surface area contributed by atoms with Gasteiger partial charge in [0.25, 0.3) is 11.8 Å². The lowest BCUT2D eigenvalue weighted by molar-refractivity contribution is -0.116. The summed E-state index contributed by atoms with van der Waals surface area (Å²) < 4.78 is 0.875. The number of amides is 3. The molecule has 11 heteroatoms. The molecular weight excluding hydrogens is 666 g/mol. The van der Waals surface area contributed by atoms with Crippen molar-refractivity contribution in [1.29, 1.82) is 0 Å². The number of hydrogen-bond acceptors (Lipinski definition) is 5. The summed E-state index contributed by atoms with van der Waals surface area (Å²) in [6, 6.07) is 27.2. The largest absolute Gasteiger partial charge is 0.478 e. The molecule has 0 aliphatic carbocycles. The van der Waals surface area contributed by atoms with Crippen molar-refractivity contribution < 1.29 is 24.3 Å². The van der Waals surface area contributed by atoms with Crippen LogP contribution in [-0.4, -0.2) is 34.0 Å². The van der Waals surface area contributed by atoms with E-state index in [4.69, 9.17) is 11.6 Å². The van der Waals surface area contributed by atoms with Gasteiger partial charge in [0.05, 0.1) is 15.8 Å². The molecule has 3 amide bonds. The van der Waals surface area contributed by atoms with Crippen LogP contribution < -0.4 is 16.0 Å². The first-order valence-corrected chi connectivity index (χ1v) is 15.4. The maximum absolute atomic E-state index is 13.4. The van der Waals surface area contributed by atoms with E-state index in [1.807, 2.05) is 37.3 Å². The molecule has 0 aliphatic rings. The van der Waals surface area contributed by atoms with Gasteiger partial charge in [-0.2, -0.15) is 0 Å². The van der Waals surface area contributed by atoms with Crippen molar-refractivity contribution in [3.63, 3.8) is 0 Å². The van der Waals surface area contributed by atoms with Gasteiger partial charge >= 0.3 is 5.97 Å². The van der Waals surface area contributed by atoms with E-state index in [-0.39, 0.29) is 22.2 Å². The Labute approximate surface area is 272 Å². The Kier molecular flexibility index (Phi) is 11.4. The standard InChI is InChI=1S/C33H27BrClN3O5S/c1-2-29(32(41)37-24-15-16-27(35)26(19-24)33(42)43)44-25-10-6-9-23(18-25)36-31(40)28(17-20-11-13-22(34)14-12-20)38-30(39)21-7-4-3-5-8-21/h3-19,29H,2H2,1H3,(H,36,40)(H,37,41)(H,38,39)(H,42,43)/b28-17-. The maximum Gasteiger partial charge on any atom is 0.337 e. The molecule has 0 heterocycles. The van der Waals surface area contributed by atoms with Gasteiger partial charge in [-0.05, 0) is 78.7 Å². The summed E-state index contributed by atoms with van der Waals surface area (Å²) in [5.74, 6) is -2.46. The van der Waals surface area contributed by atoms with Crippen LogP contribution in [-0.2, 0) is 9.59 Å². The fraction of sp³-hybridized carbons (Fsp3) is 0.0909. The highest BCUT2D eigenvalue weighted by molar-refractivity contribution is 9.10. The molecule has 0 radical (unpaired) electrons. The predicted octanol–water partition coefficient (Wildman–Crippen LogP) is 7.72. The van der Waals surface area contributed by atoms with Crippen molar-refractivity contribution in [1.82, 2.24) is 5.32 Å². The highest BCUT2D eigenvalue weighted by Gasteiger charge is 2.20. The summed E-state index contributed by atoms with van der Waals surface area (Å²) in [6.45, 7) is 1.86. The molecule has 0 bridgehead atoms. The molecule has 1 atom stereocenters. The third-order valence-electron chi connectivity index (χ3n) is 6.21. The quantitative estimate of drug-likeness (QED) is 0.0943. The first kappa shape index (κ1) is 32.5. The number of aromatic carboxylic acids is 1. The zero-order valence-corrected chi connectivity index (χ0v) is 26.5. The van der Waals surface area contributed by atoms with E-state index in [2.05, 4.69) is 31.9 Å². The fourth-order valence-corrected chi connectivity index (χ4v) is 5.47. The molecule has 0 fully saturated rings. The second-order valence-electron chi connectivity index (χ2n) is 9.42. The summed E-state index contributed by atoms with van der Waals surface area (Å²) in [5, 5.41) is 17.2. The number of carbonyl (C=O) groups is 4. The molecule has 4 aromatic rings. The van der Waals surface area contributed by atoms with Crippen LogP contribution in [0.4, 0.5) is 11.4 Å². The molecule has 0 aliphatic heterocycles. The summed E-state index contributed by atoms with van der Waals surface area (Å²) in [7, 11) is 0. The van der Waals surface area contributed by atoms with Crippen LogP contribution in [0.15, 0.2) is 112 Å². The number of nitrogens with one attached hydrogen (secondary N) is 3. The Morgan fingerprint density at radius 1 is 0.886 bits per heavy atom. The minimum Gasteiger partial charge on any atom is -0.478 e. The Morgan fingerprint density at radius 2 is 1.59 bits per heavy atom. The number of carbonyl (C=O) groups excluding carboxylic acids is 3. The van der Waals surface area contributed by atoms with Crippen molar-refractivity contribution in [2.45, 2.75) is 23.5 Å². The van der Waals surface area contributed by atoms with Crippen LogP contribution in [0, 0.1) is 0 Å². The van der Waals surface area contributed by atoms with Crippen LogP contribution in [0.5, 0.6) is 0 Å². The lowest BCUT2D eigenvalue weighted by atomic mass is 10.1. The van der Waals surface area contributed by atoms with Gasteiger partial charge in [0, 0.05) is 26.3 Å². The fourth-order valence-electron chi connectivity index (χ4n) is 3.99. The Morgan fingerprint density at radius 3 is 2.27 bits per heavy atom. The molecule has 0 aromatic heterocycles. The zero-order chi connectivity index (χ0) is 31.6. The molecular formula is C33H27BrClN3O5S. The molecule has 8 nitrogen and oxygen atoms in total. The highest BCUT2D eigenvalue weighted by atomic mass is 79.9. The van der Waals surface area contributed by atoms with Crippen molar-refractivity contribution in [3.8, 4) is 0 Å². The van der Waals surface area contributed by atoms with Crippen LogP contribution in [0.25, 0.3) is 6.08 Å². The summed E-state index contributed by atoms with van der Waals surface area (Å²) in [6.07, 6.45) is 2.07. The molecule has 1 unspecified atom stereocenters. The first-order chi connectivity index (χ1) is 21.1. The van der Waals surface area contributed by atoms with E-state index in [9.17, 15) is 24.3 Å². The monoisotopic (exact) mass is 691 g/mol. The number of rotatable bonds is 11. The summed E-state index contributed by atoms with van der Waals surface area (Å²) in [4.78, 5) is 51.5.